The lowest BCUT2D eigenvalue weighted by Gasteiger charge is -2.22. The number of thioether (sulfide) groups is 1. The first-order chi connectivity index (χ1) is 4.06. The van der Waals surface area contributed by atoms with E-state index in [2.05, 4.69) is 21.1 Å². The third-order valence-electron chi connectivity index (χ3n) is 0.929. The molecule has 9 heavy (non-hydrogen) atoms. The van der Waals surface area contributed by atoms with Crippen LogP contribution in [0.15, 0.2) is 0 Å². The molecule has 0 N–H and O–H groups in total. The zero-order valence-electron chi connectivity index (χ0n) is 6.22. The Morgan fingerprint density at radius 3 is 2.33 bits per heavy atom. The summed E-state index contributed by atoms with van der Waals surface area (Å²) in [6.07, 6.45) is 0. The minimum absolute atomic E-state index is 0.931. The van der Waals surface area contributed by atoms with Gasteiger partial charge in [-0.05, 0) is 11.8 Å². The van der Waals surface area contributed by atoms with Gasteiger partial charge < -0.3 is 4.48 Å². The first kappa shape index (κ1) is 8.80. The van der Waals surface area contributed by atoms with Gasteiger partial charge in [0.1, 0.15) is 5.40 Å². The van der Waals surface area contributed by atoms with Crippen LogP contribution in [0.5, 0.6) is 0 Å². The van der Waals surface area contributed by atoms with Crippen LogP contribution in [0.3, 0.4) is 0 Å². The van der Waals surface area contributed by atoms with Crippen LogP contribution in [0.2, 0.25) is 0 Å². The molecule has 0 aromatic carbocycles. The van der Waals surface area contributed by atoms with Crippen LogP contribution in [0.25, 0.3) is 0 Å². The van der Waals surface area contributed by atoms with E-state index in [4.69, 9.17) is 5.26 Å². The number of rotatable bonds is 3. The minimum Gasteiger partial charge on any atom is -0.330 e. The summed E-state index contributed by atoms with van der Waals surface area (Å²) in [7, 11) is 6.37. The molecule has 0 aliphatic rings. The fourth-order valence-corrected chi connectivity index (χ4v) is 1.10. The molecule has 0 atom stereocenters. The van der Waals surface area contributed by atoms with Gasteiger partial charge in [-0.3, -0.25) is 0 Å². The highest BCUT2D eigenvalue weighted by Gasteiger charge is 2.04. The Kier molecular flexibility index (Phi) is 3.67. The number of hydrogen-bond acceptors (Lipinski definition) is 2. The zero-order chi connectivity index (χ0) is 7.33. The molecule has 0 fully saturated rings. The Labute approximate surface area is 61.0 Å². The summed E-state index contributed by atoms with van der Waals surface area (Å²) in [5, 5.41) is 10.2. The molecule has 2 nitrogen and oxygen atoms in total. The second-order valence-corrected chi connectivity index (χ2v) is 3.83. The van der Waals surface area contributed by atoms with Crippen molar-refractivity contribution in [2.45, 2.75) is 0 Å². The van der Waals surface area contributed by atoms with Crippen LogP contribution in [0.1, 0.15) is 0 Å². The van der Waals surface area contributed by atoms with E-state index in [0.29, 0.717) is 0 Å². The van der Waals surface area contributed by atoms with E-state index in [0.717, 1.165) is 16.8 Å². The lowest BCUT2D eigenvalue weighted by molar-refractivity contribution is -0.867. The Balaban J connectivity index is 3.20. The van der Waals surface area contributed by atoms with Gasteiger partial charge in [0, 0.05) is 0 Å². The van der Waals surface area contributed by atoms with E-state index in [1.807, 2.05) is 5.40 Å². The number of hydrogen-bond donors (Lipinski definition) is 0. The summed E-state index contributed by atoms with van der Waals surface area (Å²) >= 11 is 1.32. The standard InChI is InChI=1S/C6H13N2S/c1-8(2,3)4-5-9-6-7/h4-5H2,1-3H3/q+1. The van der Waals surface area contributed by atoms with E-state index in [1.165, 1.54) is 11.8 Å². The second-order valence-electron chi connectivity index (χ2n) is 2.95. The van der Waals surface area contributed by atoms with Gasteiger partial charge in [0.05, 0.1) is 33.4 Å². The van der Waals surface area contributed by atoms with Crippen LogP contribution in [0, 0.1) is 10.7 Å². The summed E-state index contributed by atoms with van der Waals surface area (Å²) in [5.41, 5.74) is 0. The molecule has 0 aromatic rings. The highest BCUT2D eigenvalue weighted by molar-refractivity contribution is 8.03. The Bertz CT molecular complexity index is 109. The topological polar surface area (TPSA) is 23.8 Å². The van der Waals surface area contributed by atoms with E-state index in [9.17, 15) is 0 Å². The third kappa shape index (κ3) is 7.80. The quantitative estimate of drug-likeness (QED) is 0.335. The first-order valence-electron chi connectivity index (χ1n) is 2.87. The van der Waals surface area contributed by atoms with Crippen LogP contribution >= 0.6 is 11.8 Å². The molecule has 0 saturated carbocycles. The SMILES string of the molecule is C[N+](C)(C)CCSC#N. The van der Waals surface area contributed by atoms with Gasteiger partial charge in [0.25, 0.3) is 0 Å². The summed E-state index contributed by atoms with van der Waals surface area (Å²) in [5.74, 6) is 0.931. The molecule has 3 heteroatoms. The fourth-order valence-electron chi connectivity index (χ4n) is 0.365. The van der Waals surface area contributed by atoms with E-state index in [1.54, 1.807) is 0 Å². The van der Waals surface area contributed by atoms with Crippen molar-refractivity contribution < 1.29 is 4.48 Å². The number of thiocyanates is 1. The predicted molar refractivity (Wildman–Crippen MR) is 41.0 cm³/mol. The maximum absolute atomic E-state index is 8.17. The smallest absolute Gasteiger partial charge is 0.133 e. The van der Waals surface area contributed by atoms with E-state index < -0.39 is 0 Å². The molecule has 0 bridgehead atoms. The summed E-state index contributed by atoms with van der Waals surface area (Å²) < 4.78 is 0.939. The Morgan fingerprint density at radius 1 is 1.44 bits per heavy atom. The maximum Gasteiger partial charge on any atom is 0.133 e. The molecule has 0 aromatic heterocycles. The van der Waals surface area contributed by atoms with Gasteiger partial charge in [-0.1, -0.05) is 0 Å². The molecule has 0 saturated heterocycles. The predicted octanol–water partition coefficient (Wildman–Crippen LogP) is 0.907. The maximum atomic E-state index is 8.17. The van der Waals surface area contributed by atoms with Crippen molar-refractivity contribution in [3.63, 3.8) is 0 Å². The van der Waals surface area contributed by atoms with Gasteiger partial charge in [0.2, 0.25) is 0 Å². The highest BCUT2D eigenvalue weighted by Crippen LogP contribution is 1.98. The molecule has 0 aliphatic carbocycles. The number of nitriles is 1. The number of nitrogens with zero attached hydrogens (tertiary/aromatic N) is 2. The van der Waals surface area contributed by atoms with E-state index in [-0.39, 0.29) is 0 Å². The van der Waals surface area contributed by atoms with Crippen molar-refractivity contribution >= 4 is 11.8 Å². The molecule has 52 valence electrons. The molecule has 0 heterocycles. The normalized spacial score (nSPS) is 10.9. The molecule has 0 amide bonds. The lowest BCUT2D eigenvalue weighted by atomic mass is 10.6. The molecular weight excluding hydrogens is 132 g/mol. The third-order valence-corrected chi connectivity index (χ3v) is 1.44. The summed E-state index contributed by atoms with van der Waals surface area (Å²) in [6, 6.07) is 0. The minimum atomic E-state index is 0.931. The average Bonchev–Trinajstić information content (AvgIpc) is 1.63. The lowest BCUT2D eigenvalue weighted by Crippen LogP contribution is -2.36. The van der Waals surface area contributed by atoms with Crippen molar-refractivity contribution in [1.29, 1.82) is 5.26 Å². The van der Waals surface area contributed by atoms with Crippen molar-refractivity contribution in [2.24, 2.45) is 0 Å². The zero-order valence-corrected chi connectivity index (χ0v) is 7.03. The van der Waals surface area contributed by atoms with Crippen molar-refractivity contribution in [3.8, 4) is 5.40 Å². The number of quaternary nitrogens is 1. The van der Waals surface area contributed by atoms with Gasteiger partial charge in [-0.15, -0.1) is 0 Å². The second kappa shape index (κ2) is 3.76. The molecule has 0 rings (SSSR count). The van der Waals surface area contributed by atoms with Crippen molar-refractivity contribution in [2.75, 3.05) is 33.4 Å². The molecule has 0 aliphatic heterocycles. The monoisotopic (exact) mass is 145 g/mol. The van der Waals surface area contributed by atoms with Gasteiger partial charge in [-0.2, -0.15) is 5.26 Å². The highest BCUT2D eigenvalue weighted by atomic mass is 32.2. The Morgan fingerprint density at radius 2 is 2.00 bits per heavy atom. The van der Waals surface area contributed by atoms with Crippen LogP contribution in [-0.4, -0.2) is 37.9 Å². The van der Waals surface area contributed by atoms with Crippen LogP contribution < -0.4 is 0 Å². The average molecular weight is 145 g/mol. The molecule has 0 radical (unpaired) electrons. The molecule has 0 unspecified atom stereocenters. The first-order valence-corrected chi connectivity index (χ1v) is 3.86. The summed E-state index contributed by atoms with van der Waals surface area (Å²) in [6.45, 7) is 1.05. The summed E-state index contributed by atoms with van der Waals surface area (Å²) in [4.78, 5) is 0. The van der Waals surface area contributed by atoms with Crippen LogP contribution in [0.4, 0.5) is 0 Å². The van der Waals surface area contributed by atoms with Gasteiger partial charge in [0.15, 0.2) is 0 Å². The molecular formula is C6H13N2S+. The largest absolute Gasteiger partial charge is 0.330 e. The van der Waals surface area contributed by atoms with Gasteiger partial charge >= 0.3 is 0 Å². The van der Waals surface area contributed by atoms with Crippen molar-refractivity contribution in [3.05, 3.63) is 0 Å². The van der Waals surface area contributed by atoms with Crippen molar-refractivity contribution in [1.82, 2.24) is 0 Å². The van der Waals surface area contributed by atoms with Crippen LogP contribution in [-0.2, 0) is 0 Å². The van der Waals surface area contributed by atoms with E-state index >= 15 is 0 Å². The molecule has 0 spiro atoms. The van der Waals surface area contributed by atoms with Gasteiger partial charge in [-0.25, -0.2) is 0 Å². The Hall–Kier alpha value is -0.200. The fraction of sp³-hybridized carbons (Fsp3) is 0.833.